The molecule has 0 aliphatic carbocycles. The molecule has 2 N–H and O–H groups in total. The van der Waals surface area contributed by atoms with Crippen LogP contribution >= 0.6 is 0 Å². The fourth-order valence-corrected chi connectivity index (χ4v) is 3.85. The van der Waals surface area contributed by atoms with Crippen LogP contribution in [0, 0.1) is 18.8 Å². The lowest BCUT2D eigenvalue weighted by atomic mass is 9.85. The molecule has 1 aromatic carbocycles. The van der Waals surface area contributed by atoms with Crippen molar-refractivity contribution in [2.45, 2.75) is 45.6 Å². The van der Waals surface area contributed by atoms with Gasteiger partial charge in [0.2, 0.25) is 5.91 Å². The van der Waals surface area contributed by atoms with E-state index in [1.165, 1.54) is 24.0 Å². The lowest BCUT2D eigenvalue weighted by Gasteiger charge is -2.28. The lowest BCUT2D eigenvalue weighted by Crippen LogP contribution is -2.37. The van der Waals surface area contributed by atoms with Crippen LogP contribution in [0.25, 0.3) is 0 Å². The Balaban J connectivity index is 1.65. The highest BCUT2D eigenvalue weighted by Gasteiger charge is 2.24. The topological polar surface area (TPSA) is 54.0 Å². The number of nitrogens with zero attached hydrogens (tertiary/aromatic N) is 1. The van der Waals surface area contributed by atoms with E-state index in [-0.39, 0.29) is 11.9 Å². The average Bonchev–Trinajstić information content (AvgIpc) is 2.70. The molecule has 144 valence electrons. The van der Waals surface area contributed by atoms with Crippen LogP contribution in [0.3, 0.4) is 0 Å². The Morgan fingerprint density at radius 1 is 1.26 bits per heavy atom. The highest BCUT2D eigenvalue weighted by atomic mass is 16.1. The van der Waals surface area contributed by atoms with Gasteiger partial charge in [0, 0.05) is 12.6 Å². The molecule has 3 atom stereocenters. The molecule has 1 aliphatic heterocycles. The van der Waals surface area contributed by atoms with Gasteiger partial charge in [-0.2, -0.15) is 0 Å². The number of carbonyl (C=O) groups is 1. The van der Waals surface area contributed by atoms with Gasteiger partial charge < -0.3 is 10.6 Å². The van der Waals surface area contributed by atoms with Crippen molar-refractivity contribution in [1.82, 2.24) is 15.6 Å². The Labute approximate surface area is 162 Å². The van der Waals surface area contributed by atoms with Gasteiger partial charge >= 0.3 is 0 Å². The minimum absolute atomic E-state index is 0.0990. The van der Waals surface area contributed by atoms with Gasteiger partial charge in [-0.05, 0) is 68.8 Å². The smallest absolute Gasteiger partial charge is 0.220 e. The Morgan fingerprint density at radius 2 is 2.07 bits per heavy atom. The number of nitrogens with one attached hydrogen (secondary N) is 2. The third-order valence-electron chi connectivity index (χ3n) is 5.59. The van der Waals surface area contributed by atoms with Gasteiger partial charge in [0.15, 0.2) is 0 Å². The molecule has 0 saturated carbocycles. The van der Waals surface area contributed by atoms with E-state index in [0.29, 0.717) is 18.3 Å². The molecule has 4 nitrogen and oxygen atoms in total. The Morgan fingerprint density at radius 3 is 2.74 bits per heavy atom. The molecule has 4 heteroatoms. The summed E-state index contributed by atoms with van der Waals surface area (Å²) in [5.41, 5.74) is 3.37. The minimum atomic E-state index is -0.0990. The van der Waals surface area contributed by atoms with Crippen molar-refractivity contribution in [2.24, 2.45) is 11.8 Å². The maximum atomic E-state index is 12.8. The second-order valence-corrected chi connectivity index (χ2v) is 7.85. The maximum absolute atomic E-state index is 12.8. The summed E-state index contributed by atoms with van der Waals surface area (Å²) in [6.45, 7) is 6.42. The fourth-order valence-electron chi connectivity index (χ4n) is 3.85. The van der Waals surface area contributed by atoms with Gasteiger partial charge in [0.05, 0.1) is 11.7 Å². The van der Waals surface area contributed by atoms with Crippen molar-refractivity contribution in [3.8, 4) is 0 Å². The zero-order chi connectivity index (χ0) is 19.1. The van der Waals surface area contributed by atoms with Gasteiger partial charge in [0.1, 0.15) is 0 Å². The third-order valence-corrected chi connectivity index (χ3v) is 5.59. The van der Waals surface area contributed by atoms with Gasteiger partial charge in [-0.25, -0.2) is 0 Å². The van der Waals surface area contributed by atoms with Crippen LogP contribution in [0.2, 0.25) is 0 Å². The van der Waals surface area contributed by atoms with E-state index < -0.39 is 0 Å². The summed E-state index contributed by atoms with van der Waals surface area (Å²) < 4.78 is 0. The second-order valence-electron chi connectivity index (χ2n) is 7.85. The standard InChI is InChI=1S/C23H31N3O/c1-17-8-10-19(11-9-17)15-22(21-7-3-4-13-25-21)26-23(27)14-18(2)20-6-5-12-24-16-20/h3-4,7-11,13,18,20,22,24H,5-6,12,14-16H2,1-2H3,(H,26,27). The number of rotatable bonds is 7. The van der Waals surface area contributed by atoms with E-state index in [1.807, 2.05) is 18.2 Å². The predicted molar refractivity (Wildman–Crippen MR) is 109 cm³/mol. The zero-order valence-corrected chi connectivity index (χ0v) is 16.4. The first-order chi connectivity index (χ1) is 13.1. The fraction of sp³-hybridized carbons (Fsp3) is 0.478. The van der Waals surface area contributed by atoms with E-state index in [4.69, 9.17) is 0 Å². The molecular weight excluding hydrogens is 334 g/mol. The molecule has 2 heterocycles. The van der Waals surface area contributed by atoms with E-state index >= 15 is 0 Å². The largest absolute Gasteiger partial charge is 0.347 e. The number of aromatic nitrogens is 1. The van der Waals surface area contributed by atoms with Crippen molar-refractivity contribution in [3.05, 3.63) is 65.5 Å². The summed E-state index contributed by atoms with van der Waals surface area (Å²) >= 11 is 0. The molecule has 0 spiro atoms. The van der Waals surface area contributed by atoms with Crippen molar-refractivity contribution in [2.75, 3.05) is 13.1 Å². The third kappa shape index (κ3) is 5.90. The number of aryl methyl sites for hydroxylation is 1. The monoisotopic (exact) mass is 365 g/mol. The molecule has 3 rings (SSSR count). The molecule has 3 unspecified atom stereocenters. The van der Waals surface area contributed by atoms with Gasteiger partial charge in [-0.15, -0.1) is 0 Å². The van der Waals surface area contributed by atoms with Crippen LogP contribution < -0.4 is 10.6 Å². The first kappa shape index (κ1) is 19.6. The molecule has 1 saturated heterocycles. The van der Waals surface area contributed by atoms with E-state index in [2.05, 4.69) is 53.7 Å². The van der Waals surface area contributed by atoms with Crippen LogP contribution in [0.1, 0.15) is 49.0 Å². The maximum Gasteiger partial charge on any atom is 0.220 e. The highest BCUT2D eigenvalue weighted by Crippen LogP contribution is 2.23. The van der Waals surface area contributed by atoms with Gasteiger partial charge in [-0.1, -0.05) is 42.8 Å². The normalized spacial score (nSPS) is 19.3. The molecule has 1 aliphatic rings. The van der Waals surface area contributed by atoms with Crippen LogP contribution in [0.15, 0.2) is 48.7 Å². The zero-order valence-electron chi connectivity index (χ0n) is 16.4. The molecule has 1 aromatic heterocycles. The number of hydrogen-bond donors (Lipinski definition) is 2. The molecule has 0 radical (unpaired) electrons. The van der Waals surface area contributed by atoms with Crippen molar-refractivity contribution in [1.29, 1.82) is 0 Å². The van der Waals surface area contributed by atoms with E-state index in [0.717, 1.165) is 25.2 Å². The molecule has 27 heavy (non-hydrogen) atoms. The van der Waals surface area contributed by atoms with Gasteiger partial charge in [-0.3, -0.25) is 9.78 Å². The molecule has 1 fully saturated rings. The number of hydrogen-bond acceptors (Lipinski definition) is 3. The number of piperidine rings is 1. The van der Waals surface area contributed by atoms with Crippen molar-refractivity contribution < 1.29 is 4.79 Å². The van der Waals surface area contributed by atoms with Crippen LogP contribution in [-0.4, -0.2) is 24.0 Å². The summed E-state index contributed by atoms with van der Waals surface area (Å²) in [7, 11) is 0. The molecule has 1 amide bonds. The van der Waals surface area contributed by atoms with Crippen molar-refractivity contribution in [3.63, 3.8) is 0 Å². The first-order valence-corrected chi connectivity index (χ1v) is 10.1. The SMILES string of the molecule is Cc1ccc(CC(NC(=O)CC(C)C2CCCNC2)c2ccccn2)cc1. The predicted octanol–water partition coefficient (Wildman–Crippen LogP) is 3.82. The van der Waals surface area contributed by atoms with E-state index in [1.54, 1.807) is 6.20 Å². The Hall–Kier alpha value is -2.20. The average molecular weight is 366 g/mol. The number of carbonyl (C=O) groups excluding carboxylic acids is 1. The van der Waals surface area contributed by atoms with Crippen LogP contribution in [0.5, 0.6) is 0 Å². The second kappa shape index (κ2) is 9.65. The van der Waals surface area contributed by atoms with E-state index in [9.17, 15) is 4.79 Å². The Bertz CT molecular complexity index is 708. The first-order valence-electron chi connectivity index (χ1n) is 10.1. The van der Waals surface area contributed by atoms with Crippen molar-refractivity contribution >= 4 is 5.91 Å². The minimum Gasteiger partial charge on any atom is -0.347 e. The van der Waals surface area contributed by atoms with Gasteiger partial charge in [0.25, 0.3) is 0 Å². The molecule has 0 bridgehead atoms. The summed E-state index contributed by atoms with van der Waals surface area (Å²) in [4.78, 5) is 17.3. The number of benzene rings is 1. The molecule has 2 aromatic rings. The Kier molecular flexibility index (Phi) is 6.99. The lowest BCUT2D eigenvalue weighted by molar-refractivity contribution is -0.123. The summed E-state index contributed by atoms with van der Waals surface area (Å²) in [6, 6.07) is 14.3. The summed E-state index contributed by atoms with van der Waals surface area (Å²) in [5.74, 6) is 1.10. The summed E-state index contributed by atoms with van der Waals surface area (Å²) in [5, 5.41) is 6.70. The number of amides is 1. The van der Waals surface area contributed by atoms with Crippen LogP contribution in [-0.2, 0) is 11.2 Å². The summed E-state index contributed by atoms with van der Waals surface area (Å²) in [6.07, 6.45) is 5.54. The van der Waals surface area contributed by atoms with Crippen LogP contribution in [0.4, 0.5) is 0 Å². The molecular formula is C23H31N3O. The number of pyridine rings is 1. The highest BCUT2D eigenvalue weighted by molar-refractivity contribution is 5.76. The quantitative estimate of drug-likeness (QED) is 0.784.